The Balaban J connectivity index is 3.42. The topological polar surface area (TPSA) is 124 Å². The summed E-state index contributed by atoms with van der Waals surface area (Å²) in [7, 11) is 0. The lowest BCUT2D eigenvalue weighted by Crippen LogP contribution is -2.03. The summed E-state index contributed by atoms with van der Waals surface area (Å²) in [5.74, 6) is -1.29. The van der Waals surface area contributed by atoms with E-state index in [9.17, 15) is 25.0 Å². The van der Waals surface area contributed by atoms with E-state index in [0.717, 1.165) is 6.07 Å². The SMILES string of the molecule is O=C(O)Cc1cc([N+](=O)[O-])cc([N+](=O)[O-])c1Cl. The van der Waals surface area contributed by atoms with Gasteiger partial charge in [0, 0.05) is 6.07 Å². The number of nitro groups is 2. The molecule has 0 bridgehead atoms. The van der Waals surface area contributed by atoms with E-state index in [-0.39, 0.29) is 5.56 Å². The highest BCUT2D eigenvalue weighted by Crippen LogP contribution is 2.33. The molecular weight excluding hydrogens is 256 g/mol. The van der Waals surface area contributed by atoms with Gasteiger partial charge < -0.3 is 5.11 Å². The summed E-state index contributed by atoms with van der Waals surface area (Å²) < 4.78 is 0. The molecule has 0 heterocycles. The minimum absolute atomic E-state index is 0.167. The smallest absolute Gasteiger partial charge is 0.307 e. The fourth-order valence-corrected chi connectivity index (χ4v) is 1.43. The van der Waals surface area contributed by atoms with Gasteiger partial charge in [0.25, 0.3) is 11.4 Å². The molecule has 17 heavy (non-hydrogen) atoms. The van der Waals surface area contributed by atoms with E-state index in [1.807, 2.05) is 0 Å². The molecule has 1 aromatic carbocycles. The zero-order chi connectivity index (χ0) is 13.2. The van der Waals surface area contributed by atoms with Crippen LogP contribution in [0.3, 0.4) is 0 Å². The number of hydrogen-bond acceptors (Lipinski definition) is 5. The maximum Gasteiger partial charge on any atom is 0.307 e. The number of halogens is 1. The van der Waals surface area contributed by atoms with Crippen LogP contribution in [0.5, 0.6) is 0 Å². The third kappa shape index (κ3) is 2.88. The van der Waals surface area contributed by atoms with Gasteiger partial charge in [-0.15, -0.1) is 0 Å². The summed E-state index contributed by atoms with van der Waals surface area (Å²) >= 11 is 5.60. The van der Waals surface area contributed by atoms with Gasteiger partial charge in [0.05, 0.1) is 22.3 Å². The van der Waals surface area contributed by atoms with Crippen LogP contribution in [-0.4, -0.2) is 20.9 Å². The van der Waals surface area contributed by atoms with Crippen molar-refractivity contribution in [1.82, 2.24) is 0 Å². The molecule has 0 unspecified atom stereocenters. The molecule has 90 valence electrons. The molecule has 1 rings (SSSR count). The lowest BCUT2D eigenvalue weighted by Gasteiger charge is -2.02. The highest BCUT2D eigenvalue weighted by Gasteiger charge is 2.23. The minimum atomic E-state index is -1.29. The molecule has 0 aliphatic rings. The van der Waals surface area contributed by atoms with Gasteiger partial charge in [0.1, 0.15) is 5.02 Å². The van der Waals surface area contributed by atoms with Crippen molar-refractivity contribution in [3.05, 3.63) is 42.9 Å². The first kappa shape index (κ1) is 12.8. The lowest BCUT2D eigenvalue weighted by molar-refractivity contribution is -0.394. The van der Waals surface area contributed by atoms with Gasteiger partial charge in [-0.1, -0.05) is 11.6 Å². The standard InChI is InChI=1S/C8H5ClN2O6/c9-8-4(2-7(12)13)1-5(10(14)15)3-6(8)11(16)17/h1,3H,2H2,(H,12,13). The average Bonchev–Trinajstić information content (AvgIpc) is 2.19. The number of nitrogens with zero attached hydrogens (tertiary/aromatic N) is 2. The van der Waals surface area contributed by atoms with Crippen molar-refractivity contribution in [1.29, 1.82) is 0 Å². The second-order valence-corrected chi connectivity index (χ2v) is 3.40. The Morgan fingerprint density at radius 3 is 2.29 bits per heavy atom. The van der Waals surface area contributed by atoms with E-state index >= 15 is 0 Å². The second-order valence-electron chi connectivity index (χ2n) is 3.02. The van der Waals surface area contributed by atoms with Gasteiger partial charge >= 0.3 is 5.97 Å². The molecular formula is C8H5ClN2O6. The van der Waals surface area contributed by atoms with Gasteiger partial charge in [-0.2, -0.15) is 0 Å². The zero-order valence-electron chi connectivity index (χ0n) is 8.12. The summed E-state index contributed by atoms with van der Waals surface area (Å²) in [4.78, 5) is 29.8. The number of hydrogen-bond donors (Lipinski definition) is 1. The van der Waals surface area contributed by atoms with Gasteiger partial charge in [-0.05, 0) is 5.56 Å². The Bertz CT molecular complexity index is 515. The number of benzene rings is 1. The predicted molar refractivity (Wildman–Crippen MR) is 56.1 cm³/mol. The maximum absolute atomic E-state index is 10.6. The predicted octanol–water partition coefficient (Wildman–Crippen LogP) is 1.78. The fraction of sp³-hybridized carbons (Fsp3) is 0.125. The summed E-state index contributed by atoms with van der Waals surface area (Å²) in [6, 6.07) is 1.59. The van der Waals surface area contributed by atoms with Gasteiger partial charge in [0.2, 0.25) is 0 Å². The van der Waals surface area contributed by atoms with E-state index in [4.69, 9.17) is 16.7 Å². The molecule has 1 aromatic rings. The lowest BCUT2D eigenvalue weighted by atomic mass is 10.1. The van der Waals surface area contributed by atoms with E-state index in [2.05, 4.69) is 0 Å². The van der Waals surface area contributed by atoms with Crippen LogP contribution in [0.1, 0.15) is 5.56 Å². The average molecular weight is 261 g/mol. The molecule has 9 heteroatoms. The molecule has 0 fully saturated rings. The number of rotatable bonds is 4. The molecule has 0 aliphatic heterocycles. The van der Waals surface area contributed by atoms with Crippen molar-refractivity contribution in [2.45, 2.75) is 6.42 Å². The Kier molecular flexibility index (Phi) is 3.59. The minimum Gasteiger partial charge on any atom is -0.481 e. The molecule has 0 aromatic heterocycles. The first-order valence-corrected chi connectivity index (χ1v) is 4.53. The normalized spacial score (nSPS) is 9.94. The third-order valence-corrected chi connectivity index (χ3v) is 2.30. The van der Waals surface area contributed by atoms with E-state index in [0.29, 0.717) is 6.07 Å². The number of aliphatic carboxylic acids is 1. The molecule has 0 saturated heterocycles. The van der Waals surface area contributed by atoms with Crippen LogP contribution in [0.4, 0.5) is 11.4 Å². The van der Waals surface area contributed by atoms with Crippen LogP contribution in [0.2, 0.25) is 5.02 Å². The molecule has 0 radical (unpaired) electrons. The van der Waals surface area contributed by atoms with Crippen molar-refractivity contribution < 1.29 is 19.7 Å². The van der Waals surface area contributed by atoms with Gasteiger partial charge in [-0.25, -0.2) is 0 Å². The maximum atomic E-state index is 10.6. The number of non-ortho nitro benzene ring substituents is 1. The molecule has 0 saturated carbocycles. The van der Waals surface area contributed by atoms with E-state index in [1.54, 1.807) is 0 Å². The number of nitro benzene ring substituents is 2. The number of carbonyl (C=O) groups is 1. The van der Waals surface area contributed by atoms with Crippen molar-refractivity contribution in [3.8, 4) is 0 Å². The van der Waals surface area contributed by atoms with Crippen molar-refractivity contribution in [2.24, 2.45) is 0 Å². The number of carboxylic acids is 1. The first-order chi connectivity index (χ1) is 7.82. The molecule has 0 amide bonds. The highest BCUT2D eigenvalue weighted by atomic mass is 35.5. The Morgan fingerprint density at radius 1 is 1.29 bits per heavy atom. The second kappa shape index (κ2) is 4.74. The third-order valence-electron chi connectivity index (χ3n) is 1.86. The first-order valence-electron chi connectivity index (χ1n) is 4.16. The van der Waals surface area contributed by atoms with Crippen LogP contribution in [-0.2, 0) is 11.2 Å². The highest BCUT2D eigenvalue weighted by molar-refractivity contribution is 6.33. The Labute approximate surface area is 98.7 Å². The van der Waals surface area contributed by atoms with Crippen LogP contribution >= 0.6 is 11.6 Å². The molecule has 0 spiro atoms. The molecule has 1 N–H and O–H groups in total. The molecule has 0 atom stereocenters. The summed E-state index contributed by atoms with van der Waals surface area (Å²) in [5, 5.41) is 29.3. The summed E-state index contributed by atoms with van der Waals surface area (Å²) in [5.41, 5.74) is -1.42. The van der Waals surface area contributed by atoms with Gasteiger partial charge in [-0.3, -0.25) is 25.0 Å². The number of carboxylic acid groups (broad SMARTS) is 1. The zero-order valence-corrected chi connectivity index (χ0v) is 8.88. The van der Waals surface area contributed by atoms with Crippen molar-refractivity contribution >= 4 is 28.9 Å². The van der Waals surface area contributed by atoms with Crippen LogP contribution < -0.4 is 0 Å². The largest absolute Gasteiger partial charge is 0.481 e. The Hall–Kier alpha value is -2.22. The van der Waals surface area contributed by atoms with Crippen molar-refractivity contribution in [3.63, 3.8) is 0 Å². The molecule has 8 nitrogen and oxygen atoms in total. The Morgan fingerprint density at radius 2 is 1.88 bits per heavy atom. The van der Waals surface area contributed by atoms with Crippen LogP contribution in [0.25, 0.3) is 0 Å². The monoisotopic (exact) mass is 260 g/mol. The summed E-state index contributed by atoms with van der Waals surface area (Å²) in [6.07, 6.45) is -0.624. The summed E-state index contributed by atoms with van der Waals surface area (Å²) in [6.45, 7) is 0. The van der Waals surface area contributed by atoms with E-state index in [1.165, 1.54) is 0 Å². The fourth-order valence-electron chi connectivity index (χ4n) is 1.18. The van der Waals surface area contributed by atoms with E-state index < -0.39 is 38.6 Å². The van der Waals surface area contributed by atoms with Crippen molar-refractivity contribution in [2.75, 3.05) is 0 Å². The van der Waals surface area contributed by atoms with Crippen LogP contribution in [0.15, 0.2) is 12.1 Å². The van der Waals surface area contributed by atoms with Crippen LogP contribution in [0, 0.1) is 20.2 Å². The quantitative estimate of drug-likeness (QED) is 0.650. The van der Waals surface area contributed by atoms with Gasteiger partial charge in [0.15, 0.2) is 0 Å². The molecule has 0 aliphatic carbocycles.